The lowest BCUT2D eigenvalue weighted by Gasteiger charge is -2.22. The number of alkyl halides is 3. The zero-order valence-corrected chi connectivity index (χ0v) is 18.6. The highest BCUT2D eigenvalue weighted by molar-refractivity contribution is 6.31. The summed E-state index contributed by atoms with van der Waals surface area (Å²) in [5, 5.41) is 6.54. The average Bonchev–Trinajstić information content (AvgIpc) is 3.15. The molecule has 2 aliphatic rings. The lowest BCUT2D eigenvalue weighted by molar-refractivity contribution is -0.156. The first kappa shape index (κ1) is 25.2. The molecule has 8 nitrogen and oxygen atoms in total. The molecule has 0 saturated carbocycles. The Labute approximate surface area is 197 Å². The predicted octanol–water partition coefficient (Wildman–Crippen LogP) is 3.07. The van der Waals surface area contributed by atoms with Gasteiger partial charge in [0, 0.05) is 36.2 Å². The fraction of sp³-hybridized carbons (Fsp3) is 0.318. The van der Waals surface area contributed by atoms with Crippen LogP contribution >= 0.6 is 11.6 Å². The largest absolute Gasteiger partial charge is 0.414 e. The van der Waals surface area contributed by atoms with Crippen LogP contribution in [0.2, 0.25) is 5.02 Å². The maximum absolute atomic E-state index is 13.4. The Bertz CT molecular complexity index is 1140. The summed E-state index contributed by atoms with van der Waals surface area (Å²) < 4.78 is 40.1. The minimum absolute atomic E-state index is 0.0107. The molecule has 3 heterocycles. The Morgan fingerprint density at radius 2 is 1.97 bits per heavy atom. The first-order chi connectivity index (χ1) is 16.0. The summed E-state index contributed by atoms with van der Waals surface area (Å²) in [6.45, 7) is 2.05. The predicted molar refractivity (Wildman–Crippen MR) is 115 cm³/mol. The van der Waals surface area contributed by atoms with Crippen molar-refractivity contribution in [2.45, 2.75) is 38.5 Å². The smallest absolute Gasteiger partial charge is 0.348 e. The van der Waals surface area contributed by atoms with E-state index in [0.29, 0.717) is 24.0 Å². The van der Waals surface area contributed by atoms with Crippen molar-refractivity contribution in [2.75, 3.05) is 0 Å². The molecule has 180 valence electrons. The van der Waals surface area contributed by atoms with E-state index in [4.69, 9.17) is 11.6 Å². The van der Waals surface area contributed by atoms with E-state index in [-0.39, 0.29) is 40.8 Å². The van der Waals surface area contributed by atoms with Crippen LogP contribution in [0.4, 0.5) is 13.2 Å². The van der Waals surface area contributed by atoms with Gasteiger partial charge in [0.15, 0.2) is 6.04 Å². The van der Waals surface area contributed by atoms with Crippen LogP contribution in [0, 0.1) is 5.92 Å². The van der Waals surface area contributed by atoms with Crippen LogP contribution in [0.25, 0.3) is 0 Å². The van der Waals surface area contributed by atoms with Crippen molar-refractivity contribution in [1.82, 2.24) is 20.9 Å². The number of pyridine rings is 1. The van der Waals surface area contributed by atoms with Crippen molar-refractivity contribution in [2.24, 2.45) is 5.92 Å². The van der Waals surface area contributed by atoms with Crippen molar-refractivity contribution in [3.05, 3.63) is 63.9 Å². The molecule has 2 aliphatic heterocycles. The van der Waals surface area contributed by atoms with E-state index in [2.05, 4.69) is 15.6 Å². The fourth-order valence-corrected chi connectivity index (χ4v) is 3.54. The molecule has 1 fully saturated rings. The number of hydrogen-bond acceptors (Lipinski definition) is 5. The zero-order chi connectivity index (χ0) is 25.0. The van der Waals surface area contributed by atoms with Gasteiger partial charge in [-0.15, -0.1) is 0 Å². The Balaban J connectivity index is 0.000000302. The van der Waals surface area contributed by atoms with Gasteiger partial charge >= 0.3 is 6.18 Å². The lowest BCUT2D eigenvalue weighted by atomic mass is 10.0. The van der Waals surface area contributed by atoms with Crippen molar-refractivity contribution in [3.8, 4) is 0 Å². The molecule has 4 rings (SSSR count). The third-order valence-electron chi connectivity index (χ3n) is 5.23. The van der Waals surface area contributed by atoms with E-state index in [0.717, 1.165) is 0 Å². The quantitative estimate of drug-likeness (QED) is 0.565. The van der Waals surface area contributed by atoms with Crippen LogP contribution in [0.5, 0.6) is 0 Å². The van der Waals surface area contributed by atoms with E-state index in [1.807, 2.05) is 12.2 Å². The highest BCUT2D eigenvalue weighted by Gasteiger charge is 2.44. The van der Waals surface area contributed by atoms with Gasteiger partial charge in [0.1, 0.15) is 0 Å². The molecular formula is C22H20ClF3N4O4. The summed E-state index contributed by atoms with van der Waals surface area (Å²) in [5.41, 5.74) is 0.480. The Morgan fingerprint density at radius 1 is 1.24 bits per heavy atom. The molecule has 12 heteroatoms. The van der Waals surface area contributed by atoms with Gasteiger partial charge in [0.2, 0.25) is 11.8 Å². The number of imide groups is 1. The van der Waals surface area contributed by atoms with Gasteiger partial charge < -0.3 is 10.6 Å². The topological polar surface area (TPSA) is 117 Å². The third-order valence-corrected chi connectivity index (χ3v) is 5.55. The van der Waals surface area contributed by atoms with E-state index in [9.17, 15) is 32.3 Å². The molecule has 1 saturated heterocycles. The summed E-state index contributed by atoms with van der Waals surface area (Å²) in [4.78, 5) is 48.6. The number of halogens is 4. The first-order valence-corrected chi connectivity index (χ1v) is 10.6. The molecule has 1 aromatic heterocycles. The summed E-state index contributed by atoms with van der Waals surface area (Å²) in [6.07, 6.45) is -2.42. The molecular weight excluding hydrogens is 477 g/mol. The highest BCUT2D eigenvalue weighted by atomic mass is 35.5. The normalized spacial score (nSPS) is 18.1. The molecule has 1 aromatic carbocycles. The molecule has 0 spiro atoms. The number of aromatic nitrogens is 1. The van der Waals surface area contributed by atoms with Crippen LogP contribution in [0.15, 0.2) is 36.5 Å². The minimum atomic E-state index is -4.78. The molecule has 0 unspecified atom stereocenters. The van der Waals surface area contributed by atoms with Crippen LogP contribution in [-0.2, 0) is 16.1 Å². The maximum Gasteiger partial charge on any atom is 0.414 e. The second-order valence-corrected chi connectivity index (χ2v) is 8.13. The fourth-order valence-electron chi connectivity index (χ4n) is 3.31. The van der Waals surface area contributed by atoms with Gasteiger partial charge in [-0.05, 0) is 42.3 Å². The molecule has 2 atom stereocenters. The number of nitrogens with one attached hydrogen (secondary N) is 3. The van der Waals surface area contributed by atoms with E-state index >= 15 is 0 Å². The van der Waals surface area contributed by atoms with E-state index in [1.54, 1.807) is 0 Å². The van der Waals surface area contributed by atoms with E-state index < -0.39 is 23.8 Å². The number of benzene rings is 1. The number of carbonyl (C=O) groups is 4. The number of rotatable bonds is 3. The monoisotopic (exact) mass is 496 g/mol. The molecule has 0 aliphatic carbocycles. The zero-order valence-electron chi connectivity index (χ0n) is 17.8. The first-order valence-electron chi connectivity index (χ1n) is 10.2. The van der Waals surface area contributed by atoms with Gasteiger partial charge in [-0.3, -0.25) is 29.5 Å². The second-order valence-electron chi connectivity index (χ2n) is 7.73. The summed E-state index contributed by atoms with van der Waals surface area (Å²) in [6, 6.07) is 4.40. The van der Waals surface area contributed by atoms with Gasteiger partial charge in [-0.2, -0.15) is 13.2 Å². The Morgan fingerprint density at radius 3 is 2.59 bits per heavy atom. The van der Waals surface area contributed by atoms with Crippen molar-refractivity contribution in [3.63, 3.8) is 0 Å². The van der Waals surface area contributed by atoms with E-state index in [1.165, 1.54) is 36.5 Å². The van der Waals surface area contributed by atoms with Gasteiger partial charge in [-0.25, -0.2) is 0 Å². The van der Waals surface area contributed by atoms with Crippen LogP contribution in [0.1, 0.15) is 57.8 Å². The second kappa shape index (κ2) is 10.2. The van der Waals surface area contributed by atoms with Gasteiger partial charge in [0.25, 0.3) is 11.8 Å². The SMILES string of the molecule is C[C@@H]1CCC(=O)NC1=O.O=C(N[C@H](c1ncccc1Cl)C(F)(F)F)c1ccc2c(c1)CNC2=O. The van der Waals surface area contributed by atoms with Crippen LogP contribution < -0.4 is 16.0 Å². The Hall–Kier alpha value is -3.47. The third kappa shape index (κ3) is 5.90. The molecule has 2 aromatic rings. The number of fused-ring (bicyclic) bond motifs is 1. The van der Waals surface area contributed by atoms with Gasteiger partial charge in [0.05, 0.1) is 10.7 Å². The summed E-state index contributed by atoms with van der Waals surface area (Å²) in [7, 11) is 0. The van der Waals surface area contributed by atoms with Crippen molar-refractivity contribution >= 4 is 35.2 Å². The minimum Gasteiger partial charge on any atom is -0.348 e. The van der Waals surface area contributed by atoms with Crippen LogP contribution in [-0.4, -0.2) is 34.8 Å². The summed E-state index contributed by atoms with van der Waals surface area (Å²) in [5.74, 6) is -1.48. The number of piperidine rings is 1. The Kier molecular flexibility index (Phi) is 7.55. The number of carbonyl (C=O) groups excluding carboxylic acids is 4. The lowest BCUT2D eigenvalue weighted by Crippen LogP contribution is -2.39. The number of amides is 4. The molecule has 34 heavy (non-hydrogen) atoms. The number of hydrogen-bond donors (Lipinski definition) is 3. The maximum atomic E-state index is 13.4. The number of nitrogens with zero attached hydrogens (tertiary/aromatic N) is 1. The molecule has 0 bridgehead atoms. The van der Waals surface area contributed by atoms with Crippen LogP contribution in [0.3, 0.4) is 0 Å². The standard InChI is InChI=1S/C16H11ClF3N3O2.C6H9NO2/c17-11-2-1-5-21-12(11)13(16(18,19)20)23-14(24)8-3-4-10-9(6-8)7-22-15(10)25;1-4-2-3-5(8)7-6(4)9/h1-6,13H,7H2,(H,22,25)(H,23,24);4H,2-3H2,1H3,(H,7,8,9)/t13-;4-/m11/s1. The van der Waals surface area contributed by atoms with Gasteiger partial charge in [-0.1, -0.05) is 18.5 Å². The highest BCUT2D eigenvalue weighted by Crippen LogP contribution is 2.35. The van der Waals surface area contributed by atoms with Crippen molar-refractivity contribution in [1.29, 1.82) is 0 Å². The molecule has 4 amide bonds. The average molecular weight is 497 g/mol. The molecule has 3 N–H and O–H groups in total. The molecule has 0 radical (unpaired) electrons. The van der Waals surface area contributed by atoms with Crippen molar-refractivity contribution < 1.29 is 32.3 Å². The summed E-state index contributed by atoms with van der Waals surface area (Å²) >= 11 is 5.79.